The summed E-state index contributed by atoms with van der Waals surface area (Å²) >= 11 is 9.20. The Labute approximate surface area is 68.5 Å². The average molecular weight is 214 g/mol. The molecule has 0 aromatic rings. The Bertz CT molecular complexity index is 99.1. The number of hydrogen-bond acceptors (Lipinski definition) is 1. The van der Waals surface area contributed by atoms with Gasteiger partial charge in [-0.1, -0.05) is 15.9 Å². The smallest absolute Gasteiger partial charge is 0.0666 e. The van der Waals surface area contributed by atoms with E-state index in [-0.39, 0.29) is 16.3 Å². The van der Waals surface area contributed by atoms with Gasteiger partial charge >= 0.3 is 0 Å². The minimum absolute atomic E-state index is 0.181. The topological polar surface area (TPSA) is 20.2 Å². The molecule has 0 saturated heterocycles. The Hall–Kier alpha value is 0.730. The number of aliphatic hydroxyl groups is 1. The quantitative estimate of drug-likeness (QED) is 0.610. The molecular formula is C6H10BrClO. The van der Waals surface area contributed by atoms with E-state index >= 15 is 0 Å². The summed E-state index contributed by atoms with van der Waals surface area (Å²) < 4.78 is 0. The summed E-state index contributed by atoms with van der Waals surface area (Å²) in [6.45, 7) is 0. The number of halogens is 2. The van der Waals surface area contributed by atoms with E-state index in [1.54, 1.807) is 0 Å². The summed E-state index contributed by atoms with van der Waals surface area (Å²) in [6, 6.07) is 0. The zero-order valence-corrected chi connectivity index (χ0v) is 7.40. The summed E-state index contributed by atoms with van der Waals surface area (Å²) in [7, 11) is 0. The molecule has 0 aromatic carbocycles. The summed E-state index contributed by atoms with van der Waals surface area (Å²) in [5.74, 6) is 0. The van der Waals surface area contributed by atoms with Crippen LogP contribution in [-0.4, -0.2) is 21.4 Å². The van der Waals surface area contributed by atoms with E-state index in [2.05, 4.69) is 15.9 Å². The van der Waals surface area contributed by atoms with E-state index in [0.717, 1.165) is 19.3 Å². The minimum Gasteiger partial charge on any atom is -0.392 e. The summed E-state index contributed by atoms with van der Waals surface area (Å²) in [4.78, 5) is 0.216. The molecule has 0 aromatic heterocycles. The van der Waals surface area contributed by atoms with Crippen LogP contribution < -0.4 is 0 Å². The van der Waals surface area contributed by atoms with Gasteiger partial charge < -0.3 is 5.11 Å². The summed E-state index contributed by atoms with van der Waals surface area (Å²) in [5, 5.41) is 9.45. The molecule has 1 nitrogen and oxygen atoms in total. The van der Waals surface area contributed by atoms with Gasteiger partial charge in [0.1, 0.15) is 0 Å². The lowest BCUT2D eigenvalue weighted by Gasteiger charge is -2.25. The molecule has 0 radical (unpaired) electrons. The van der Waals surface area contributed by atoms with Crippen LogP contribution in [0.3, 0.4) is 0 Å². The van der Waals surface area contributed by atoms with Crippen molar-refractivity contribution in [1.29, 1.82) is 0 Å². The van der Waals surface area contributed by atoms with Gasteiger partial charge in [0.05, 0.1) is 6.10 Å². The molecule has 1 fully saturated rings. The maximum Gasteiger partial charge on any atom is 0.0666 e. The van der Waals surface area contributed by atoms with Crippen LogP contribution in [0.1, 0.15) is 19.3 Å². The first-order chi connectivity index (χ1) is 4.20. The van der Waals surface area contributed by atoms with E-state index in [0.29, 0.717) is 0 Å². The van der Waals surface area contributed by atoms with Gasteiger partial charge in [0, 0.05) is 10.2 Å². The van der Waals surface area contributed by atoms with Crippen LogP contribution in [-0.2, 0) is 0 Å². The number of aliphatic hydroxyl groups excluding tert-OH is 1. The lowest BCUT2D eigenvalue weighted by molar-refractivity contribution is 0.140. The van der Waals surface area contributed by atoms with Crippen LogP contribution in [0.4, 0.5) is 0 Å². The van der Waals surface area contributed by atoms with E-state index in [9.17, 15) is 5.11 Å². The van der Waals surface area contributed by atoms with Gasteiger partial charge in [0.2, 0.25) is 0 Å². The average Bonchev–Trinajstić information content (AvgIpc) is 1.80. The van der Waals surface area contributed by atoms with Gasteiger partial charge in [0.25, 0.3) is 0 Å². The Morgan fingerprint density at radius 3 is 2.56 bits per heavy atom. The minimum atomic E-state index is -0.181. The third kappa shape index (κ3) is 2.10. The van der Waals surface area contributed by atoms with Crippen molar-refractivity contribution in [3.8, 4) is 0 Å². The van der Waals surface area contributed by atoms with E-state index in [1.807, 2.05) is 0 Å². The predicted molar refractivity (Wildman–Crippen MR) is 42.2 cm³/mol. The molecule has 0 amide bonds. The molecular weight excluding hydrogens is 203 g/mol. The fraction of sp³-hybridized carbons (Fsp3) is 1.00. The summed E-state index contributed by atoms with van der Waals surface area (Å²) in [5.41, 5.74) is 0. The normalized spacial score (nSPS) is 45.0. The first-order valence-corrected chi connectivity index (χ1v) is 4.51. The van der Waals surface area contributed by atoms with Crippen LogP contribution in [0.5, 0.6) is 0 Å². The van der Waals surface area contributed by atoms with Crippen molar-refractivity contribution in [2.45, 2.75) is 35.6 Å². The summed E-state index contributed by atoms with van der Waals surface area (Å²) in [6.07, 6.45) is 2.50. The number of alkyl halides is 2. The lowest BCUT2D eigenvalue weighted by atomic mass is 9.97. The lowest BCUT2D eigenvalue weighted by Crippen LogP contribution is -2.29. The van der Waals surface area contributed by atoms with Gasteiger partial charge in [0.15, 0.2) is 0 Å². The molecule has 1 saturated carbocycles. The van der Waals surface area contributed by atoms with Gasteiger partial charge in [-0.15, -0.1) is 11.6 Å². The van der Waals surface area contributed by atoms with E-state index in [4.69, 9.17) is 11.6 Å². The molecule has 1 N–H and O–H groups in total. The standard InChI is InChI=1S/C6H10BrClO/c7-5-3-4(8)1-2-6(5)9/h4-6,9H,1-3H2. The highest BCUT2D eigenvalue weighted by Gasteiger charge is 2.25. The van der Waals surface area contributed by atoms with Crippen LogP contribution in [0, 0.1) is 0 Å². The molecule has 1 rings (SSSR count). The molecule has 54 valence electrons. The molecule has 9 heavy (non-hydrogen) atoms. The van der Waals surface area contributed by atoms with Gasteiger partial charge in [-0.05, 0) is 19.3 Å². The van der Waals surface area contributed by atoms with Gasteiger partial charge in [-0.25, -0.2) is 0 Å². The molecule has 0 bridgehead atoms. The van der Waals surface area contributed by atoms with E-state index < -0.39 is 0 Å². The Morgan fingerprint density at radius 1 is 1.44 bits per heavy atom. The fourth-order valence-electron chi connectivity index (χ4n) is 1.05. The van der Waals surface area contributed by atoms with Crippen molar-refractivity contribution >= 4 is 27.5 Å². The zero-order chi connectivity index (χ0) is 6.85. The van der Waals surface area contributed by atoms with Crippen molar-refractivity contribution in [3.05, 3.63) is 0 Å². The zero-order valence-electron chi connectivity index (χ0n) is 5.06. The molecule has 0 spiro atoms. The van der Waals surface area contributed by atoms with Crippen LogP contribution in [0.25, 0.3) is 0 Å². The highest BCUT2D eigenvalue weighted by molar-refractivity contribution is 9.09. The molecule has 3 heteroatoms. The van der Waals surface area contributed by atoms with Crippen molar-refractivity contribution in [2.75, 3.05) is 0 Å². The first kappa shape index (κ1) is 7.83. The molecule has 3 atom stereocenters. The maximum absolute atomic E-state index is 9.19. The molecule has 0 aliphatic heterocycles. The Kier molecular flexibility index (Phi) is 2.80. The predicted octanol–water partition coefficient (Wildman–Crippen LogP) is 1.90. The van der Waals surface area contributed by atoms with Crippen molar-refractivity contribution in [1.82, 2.24) is 0 Å². The number of hydrogen-bond donors (Lipinski definition) is 1. The second-order valence-electron chi connectivity index (χ2n) is 2.49. The third-order valence-corrected chi connectivity index (χ3v) is 3.05. The van der Waals surface area contributed by atoms with Crippen LogP contribution in [0.2, 0.25) is 0 Å². The third-order valence-electron chi connectivity index (χ3n) is 1.67. The van der Waals surface area contributed by atoms with Crippen LogP contribution >= 0.6 is 27.5 Å². The second kappa shape index (κ2) is 3.22. The molecule has 3 unspecified atom stereocenters. The highest BCUT2D eigenvalue weighted by atomic mass is 79.9. The second-order valence-corrected chi connectivity index (χ2v) is 4.29. The maximum atomic E-state index is 9.19. The van der Waals surface area contributed by atoms with Crippen LogP contribution in [0.15, 0.2) is 0 Å². The SMILES string of the molecule is OC1CCC(Cl)CC1Br. The molecule has 1 aliphatic rings. The Balaban J connectivity index is 2.35. The Morgan fingerprint density at radius 2 is 2.11 bits per heavy atom. The van der Waals surface area contributed by atoms with Crippen molar-refractivity contribution < 1.29 is 5.11 Å². The molecule has 0 heterocycles. The largest absolute Gasteiger partial charge is 0.392 e. The van der Waals surface area contributed by atoms with Crippen molar-refractivity contribution in [2.24, 2.45) is 0 Å². The molecule has 1 aliphatic carbocycles. The van der Waals surface area contributed by atoms with Gasteiger partial charge in [-0.3, -0.25) is 0 Å². The first-order valence-electron chi connectivity index (χ1n) is 3.16. The number of rotatable bonds is 0. The fourth-order valence-corrected chi connectivity index (χ4v) is 2.30. The highest BCUT2D eigenvalue weighted by Crippen LogP contribution is 2.27. The monoisotopic (exact) mass is 212 g/mol. The van der Waals surface area contributed by atoms with Gasteiger partial charge in [-0.2, -0.15) is 0 Å². The van der Waals surface area contributed by atoms with E-state index in [1.165, 1.54) is 0 Å². The van der Waals surface area contributed by atoms with Crippen molar-refractivity contribution in [3.63, 3.8) is 0 Å².